The second-order valence-electron chi connectivity index (χ2n) is 4.38. The molecule has 4 nitrogen and oxygen atoms in total. The lowest BCUT2D eigenvalue weighted by Gasteiger charge is -2.24. The molecule has 0 aliphatic rings. The number of carbonyl (C=O) groups is 1. The molecule has 0 bridgehead atoms. The highest BCUT2D eigenvalue weighted by molar-refractivity contribution is 5.67. The minimum Gasteiger partial charge on any atom is -0.453 e. The van der Waals surface area contributed by atoms with Crippen molar-refractivity contribution in [2.75, 3.05) is 7.11 Å². The smallest absolute Gasteiger partial charge is 0.407 e. The predicted molar refractivity (Wildman–Crippen MR) is 76.1 cm³/mol. The Morgan fingerprint density at radius 3 is 2.00 bits per heavy atom. The van der Waals surface area contributed by atoms with Gasteiger partial charge < -0.3 is 15.2 Å². The lowest BCUT2D eigenvalue weighted by molar-refractivity contribution is 0.114. The van der Waals surface area contributed by atoms with Crippen LogP contribution in [0.1, 0.15) is 23.3 Å². The highest BCUT2D eigenvalue weighted by Gasteiger charge is 2.24. The van der Waals surface area contributed by atoms with Gasteiger partial charge >= 0.3 is 6.09 Å². The summed E-state index contributed by atoms with van der Waals surface area (Å²) in [6, 6.07) is 18.0. The summed E-state index contributed by atoms with van der Waals surface area (Å²) in [7, 11) is 1.30. The zero-order valence-electron chi connectivity index (χ0n) is 11.2. The van der Waals surface area contributed by atoms with Gasteiger partial charge in [-0.3, -0.25) is 0 Å². The van der Waals surface area contributed by atoms with E-state index < -0.39 is 18.2 Å². The third-order valence-corrected chi connectivity index (χ3v) is 3.07. The van der Waals surface area contributed by atoms with Gasteiger partial charge in [0.1, 0.15) is 6.10 Å². The largest absolute Gasteiger partial charge is 0.453 e. The van der Waals surface area contributed by atoms with Gasteiger partial charge in [-0.05, 0) is 11.1 Å². The molecule has 2 aromatic rings. The number of nitrogens with one attached hydrogen (secondary N) is 1. The molecule has 2 atom stereocenters. The van der Waals surface area contributed by atoms with Gasteiger partial charge in [-0.25, -0.2) is 4.79 Å². The minimum atomic E-state index is -0.849. The summed E-state index contributed by atoms with van der Waals surface area (Å²) in [6.45, 7) is 0. The molecule has 0 aromatic heterocycles. The van der Waals surface area contributed by atoms with E-state index in [2.05, 4.69) is 10.1 Å². The molecule has 0 heterocycles. The summed E-state index contributed by atoms with van der Waals surface area (Å²) >= 11 is 0. The fourth-order valence-electron chi connectivity index (χ4n) is 2.03. The van der Waals surface area contributed by atoms with Gasteiger partial charge in [0.25, 0.3) is 0 Å². The summed E-state index contributed by atoms with van der Waals surface area (Å²) in [5.74, 6) is 0. The molecule has 4 heteroatoms. The first-order valence-electron chi connectivity index (χ1n) is 6.35. The quantitative estimate of drug-likeness (QED) is 0.899. The second-order valence-corrected chi connectivity index (χ2v) is 4.38. The van der Waals surface area contributed by atoms with Crippen LogP contribution in [0.25, 0.3) is 0 Å². The topological polar surface area (TPSA) is 58.6 Å². The normalized spacial score (nSPS) is 13.3. The van der Waals surface area contributed by atoms with Crippen LogP contribution in [0.4, 0.5) is 4.79 Å². The Morgan fingerprint density at radius 2 is 1.50 bits per heavy atom. The van der Waals surface area contributed by atoms with E-state index in [1.807, 2.05) is 60.7 Å². The summed E-state index contributed by atoms with van der Waals surface area (Å²) in [4.78, 5) is 11.5. The third-order valence-electron chi connectivity index (χ3n) is 3.07. The Bertz CT molecular complexity index is 542. The monoisotopic (exact) mass is 271 g/mol. The molecule has 0 unspecified atom stereocenters. The van der Waals surface area contributed by atoms with Crippen molar-refractivity contribution in [2.45, 2.75) is 12.1 Å². The van der Waals surface area contributed by atoms with Crippen molar-refractivity contribution >= 4 is 6.09 Å². The van der Waals surface area contributed by atoms with Crippen LogP contribution in [0.3, 0.4) is 0 Å². The number of ether oxygens (including phenoxy) is 1. The van der Waals surface area contributed by atoms with E-state index in [0.29, 0.717) is 0 Å². The van der Waals surface area contributed by atoms with Crippen LogP contribution in [0.2, 0.25) is 0 Å². The Morgan fingerprint density at radius 1 is 1.00 bits per heavy atom. The Hall–Kier alpha value is -2.33. The predicted octanol–water partition coefficient (Wildman–Crippen LogP) is 2.82. The van der Waals surface area contributed by atoms with Gasteiger partial charge in [-0.2, -0.15) is 0 Å². The van der Waals surface area contributed by atoms with E-state index in [0.717, 1.165) is 11.1 Å². The van der Waals surface area contributed by atoms with Crippen LogP contribution < -0.4 is 5.32 Å². The van der Waals surface area contributed by atoms with Gasteiger partial charge in [-0.15, -0.1) is 0 Å². The maximum absolute atomic E-state index is 11.5. The van der Waals surface area contributed by atoms with Crippen molar-refractivity contribution in [1.29, 1.82) is 0 Å². The first-order valence-corrected chi connectivity index (χ1v) is 6.35. The average molecular weight is 271 g/mol. The van der Waals surface area contributed by atoms with Crippen molar-refractivity contribution in [1.82, 2.24) is 5.32 Å². The van der Waals surface area contributed by atoms with Gasteiger partial charge in [0.15, 0.2) is 0 Å². The van der Waals surface area contributed by atoms with Crippen LogP contribution in [0.5, 0.6) is 0 Å². The number of methoxy groups -OCH3 is 1. The summed E-state index contributed by atoms with van der Waals surface area (Å²) < 4.78 is 4.63. The number of hydrogen-bond acceptors (Lipinski definition) is 3. The summed E-state index contributed by atoms with van der Waals surface area (Å²) in [5, 5.41) is 13.2. The lowest BCUT2D eigenvalue weighted by atomic mass is 9.96. The summed E-state index contributed by atoms with van der Waals surface area (Å²) in [6.07, 6.45) is -1.42. The highest BCUT2D eigenvalue weighted by atomic mass is 16.5. The van der Waals surface area contributed by atoms with Gasteiger partial charge in [0, 0.05) is 0 Å². The van der Waals surface area contributed by atoms with Crippen molar-refractivity contribution in [3.8, 4) is 0 Å². The molecule has 0 saturated heterocycles. The van der Waals surface area contributed by atoms with E-state index in [1.165, 1.54) is 7.11 Å². The summed E-state index contributed by atoms with van der Waals surface area (Å²) in [5.41, 5.74) is 1.55. The maximum atomic E-state index is 11.5. The third kappa shape index (κ3) is 3.36. The molecule has 2 aromatic carbocycles. The number of rotatable bonds is 4. The molecule has 0 spiro atoms. The van der Waals surface area contributed by atoms with Crippen LogP contribution in [0, 0.1) is 0 Å². The molecule has 2 rings (SSSR count). The average Bonchev–Trinajstić information content (AvgIpc) is 2.53. The molecule has 0 fully saturated rings. The van der Waals surface area contributed by atoms with Crippen molar-refractivity contribution < 1.29 is 14.6 Å². The number of benzene rings is 2. The molecule has 0 saturated carbocycles. The van der Waals surface area contributed by atoms with Crippen molar-refractivity contribution in [2.24, 2.45) is 0 Å². The first-order chi connectivity index (χ1) is 9.72. The van der Waals surface area contributed by atoms with Crippen molar-refractivity contribution in [3.63, 3.8) is 0 Å². The number of carbonyl (C=O) groups excluding carboxylic acids is 1. The molecule has 1 amide bonds. The zero-order chi connectivity index (χ0) is 14.4. The van der Waals surface area contributed by atoms with Crippen LogP contribution in [-0.2, 0) is 4.74 Å². The second kappa shape index (κ2) is 6.73. The Balaban J connectivity index is 2.29. The number of amides is 1. The Labute approximate surface area is 118 Å². The molecule has 20 heavy (non-hydrogen) atoms. The van der Waals surface area contributed by atoms with Gasteiger partial charge in [-0.1, -0.05) is 60.7 Å². The first kappa shape index (κ1) is 14.1. The van der Waals surface area contributed by atoms with E-state index >= 15 is 0 Å². The molecule has 104 valence electrons. The number of hydrogen-bond donors (Lipinski definition) is 2. The number of aliphatic hydroxyl groups excluding tert-OH is 1. The Kier molecular flexibility index (Phi) is 4.74. The SMILES string of the molecule is COC(=O)N[C@@H](c1ccccc1)[C@H](O)c1ccccc1. The van der Waals surface area contributed by atoms with Crippen LogP contribution >= 0.6 is 0 Å². The highest BCUT2D eigenvalue weighted by Crippen LogP contribution is 2.28. The molecular formula is C16H17NO3. The standard InChI is InChI=1S/C16H17NO3/c1-20-16(19)17-14(12-8-4-2-5-9-12)15(18)13-10-6-3-7-11-13/h2-11,14-15,18H,1H3,(H,17,19)/t14-,15+/m0/s1. The fourth-order valence-corrected chi connectivity index (χ4v) is 2.03. The lowest BCUT2D eigenvalue weighted by Crippen LogP contribution is -2.32. The van der Waals surface area contributed by atoms with Gasteiger partial charge in [0.2, 0.25) is 0 Å². The van der Waals surface area contributed by atoms with E-state index in [9.17, 15) is 9.90 Å². The van der Waals surface area contributed by atoms with Gasteiger partial charge in [0.05, 0.1) is 13.2 Å². The van der Waals surface area contributed by atoms with Crippen LogP contribution in [0.15, 0.2) is 60.7 Å². The zero-order valence-corrected chi connectivity index (χ0v) is 11.2. The molecule has 0 radical (unpaired) electrons. The van der Waals surface area contributed by atoms with E-state index in [1.54, 1.807) is 0 Å². The molecule has 0 aliphatic heterocycles. The van der Waals surface area contributed by atoms with E-state index in [-0.39, 0.29) is 0 Å². The minimum absolute atomic E-state index is 0.564. The van der Waals surface area contributed by atoms with E-state index in [4.69, 9.17) is 0 Å². The molecular weight excluding hydrogens is 254 g/mol. The number of alkyl carbamates (subject to hydrolysis) is 1. The number of aliphatic hydroxyl groups is 1. The molecule has 0 aliphatic carbocycles. The van der Waals surface area contributed by atoms with Crippen molar-refractivity contribution in [3.05, 3.63) is 71.8 Å². The maximum Gasteiger partial charge on any atom is 0.407 e. The van der Waals surface area contributed by atoms with Crippen LogP contribution in [-0.4, -0.2) is 18.3 Å². The molecule has 2 N–H and O–H groups in total. The fraction of sp³-hybridized carbons (Fsp3) is 0.188.